The van der Waals surface area contributed by atoms with E-state index in [0.29, 0.717) is 50.6 Å². The maximum Gasteiger partial charge on any atom is 0.503 e. The highest BCUT2D eigenvalue weighted by Crippen LogP contribution is 2.49. The predicted molar refractivity (Wildman–Crippen MR) is 338 cm³/mol. The van der Waals surface area contributed by atoms with Crippen LogP contribution in [0.25, 0.3) is 61.0 Å². The van der Waals surface area contributed by atoms with Crippen LogP contribution in [0, 0.1) is 6.85 Å². The van der Waals surface area contributed by atoms with Crippen molar-refractivity contribution in [2.75, 3.05) is 0 Å². The molecule has 0 radical (unpaired) electrons. The first kappa shape index (κ1) is 40.1. The lowest BCUT2D eigenvalue weighted by Crippen LogP contribution is -2.33. The molecule has 2 aliphatic rings. The van der Waals surface area contributed by atoms with Crippen LogP contribution in [-0.2, 0) is 27.1 Å². The summed E-state index contributed by atoms with van der Waals surface area (Å²) >= 11 is 0. The van der Waals surface area contributed by atoms with E-state index in [1.807, 2.05) is 69.8 Å². The summed E-state index contributed by atoms with van der Waals surface area (Å²) in [7, 11) is 0. The molecule has 1 aliphatic carbocycles. The third-order valence-electron chi connectivity index (χ3n) is 16.5. The summed E-state index contributed by atoms with van der Waals surface area (Å²) in [5.41, 5.74) is 10.8. The van der Waals surface area contributed by atoms with E-state index >= 15 is 0 Å². The minimum atomic E-state index is -2.62. The highest BCUT2D eigenvalue weighted by Gasteiger charge is 2.41. The van der Waals surface area contributed by atoms with Crippen molar-refractivity contribution < 1.29 is 21.2 Å². The second-order valence-corrected chi connectivity index (χ2v) is 26.1. The van der Waals surface area contributed by atoms with Gasteiger partial charge in [-0.05, 0) is 143 Å². The lowest BCUT2D eigenvalue weighted by molar-refractivity contribution is 0.332. The number of benzene rings is 8. The molecule has 0 saturated heterocycles. The normalized spacial score (nSPS) is 17.2. The number of aromatic nitrogens is 2. The number of ether oxygens (including phenoxy) is 1. The third kappa shape index (κ3) is 9.30. The molecule has 10 aromatic rings. The van der Waals surface area contributed by atoms with Crippen molar-refractivity contribution in [3.63, 3.8) is 0 Å². The smallest absolute Gasteiger partial charge is 0.457 e. The van der Waals surface area contributed by atoms with Gasteiger partial charge in [0.25, 0.3) is 11.4 Å². The van der Waals surface area contributed by atoms with Gasteiger partial charge in [0.2, 0.25) is 11.4 Å². The van der Waals surface area contributed by atoms with Crippen LogP contribution in [0.5, 0.6) is 11.5 Å². The fraction of sp³-hybridized carbons (Fsp3) is 0.280. The standard InChI is InChI=1S/C75H76N4O/c1-48-39-69(76-46-60(48)50-31-35-61-63(42-50)75(13,14)38-37-74(61,11)12)79-64-28-19-18-25-58(64)59-34-33-55(45-67(59)79)80-68-44-54(32-36-62(68)73(8,9)10)77-47-78(66-30-21-20-29-65(66)77)70-56(49-23-16-15-17-24-49)26-22-27-57(70)51-40-52(71(2,3)4)43-53(41-51)72(5,6)7/h15-36,39-46H,37-38H2,1-14H3/q+2/i1D3,15D,16D,17D,18D,19D,23D,24D,25D,28D. The molecule has 5 nitrogen and oxygen atoms in total. The molecule has 0 atom stereocenters. The molecule has 0 N–H and O–H groups in total. The molecule has 12 rings (SSSR count). The summed E-state index contributed by atoms with van der Waals surface area (Å²) in [6.45, 7) is 25.7. The molecule has 8 aromatic carbocycles. The Morgan fingerprint density at radius 2 is 1.23 bits per heavy atom. The van der Waals surface area contributed by atoms with Gasteiger partial charge in [0.05, 0.1) is 40.6 Å². The van der Waals surface area contributed by atoms with E-state index in [-0.39, 0.29) is 73.7 Å². The zero-order valence-corrected chi connectivity index (χ0v) is 48.2. The van der Waals surface area contributed by atoms with Crippen molar-refractivity contribution in [3.8, 4) is 50.7 Å². The highest BCUT2D eigenvalue weighted by atomic mass is 16.5. The second kappa shape index (κ2) is 19.0. The highest BCUT2D eigenvalue weighted by molar-refractivity contribution is 6.09. The summed E-state index contributed by atoms with van der Waals surface area (Å²) in [6.07, 6.45) is 3.56. The molecule has 400 valence electrons. The molecule has 5 heteroatoms. The van der Waals surface area contributed by atoms with E-state index in [1.54, 1.807) is 35.0 Å². The summed E-state index contributed by atoms with van der Waals surface area (Å²) in [4.78, 5) is 4.99. The number of fused-ring (bicyclic) bond motifs is 5. The molecular weight excluding hydrogens is 973 g/mol. The van der Waals surface area contributed by atoms with Crippen LogP contribution in [0.4, 0.5) is 22.7 Å². The molecule has 0 unspecified atom stereocenters. The Kier molecular flexibility index (Phi) is 9.54. The molecule has 0 spiro atoms. The van der Waals surface area contributed by atoms with Crippen LogP contribution in [0.1, 0.15) is 153 Å². The van der Waals surface area contributed by atoms with Crippen molar-refractivity contribution in [1.29, 1.82) is 0 Å². The van der Waals surface area contributed by atoms with Crippen LogP contribution < -0.4 is 13.9 Å². The average Bonchev–Trinajstić information content (AvgIpc) is 1.53. The second-order valence-electron chi connectivity index (χ2n) is 26.1. The van der Waals surface area contributed by atoms with Crippen molar-refractivity contribution in [3.05, 3.63) is 215 Å². The molecule has 3 heterocycles. The zero-order chi connectivity index (χ0) is 66.6. The van der Waals surface area contributed by atoms with Crippen molar-refractivity contribution >= 4 is 50.6 Å². The molecule has 0 bridgehead atoms. The maximum absolute atomic E-state index is 9.40. The molecule has 2 aromatic heterocycles. The number of aryl methyl sites for hydroxylation is 1. The largest absolute Gasteiger partial charge is 0.503 e. The quantitative estimate of drug-likeness (QED) is 0.142. The zero-order valence-electron chi connectivity index (χ0n) is 60.2. The fourth-order valence-electron chi connectivity index (χ4n) is 11.7. The Balaban J connectivity index is 1.06. The van der Waals surface area contributed by atoms with Gasteiger partial charge in [-0.3, -0.25) is 4.57 Å². The molecule has 0 amide bonds. The van der Waals surface area contributed by atoms with Gasteiger partial charge in [0.1, 0.15) is 17.3 Å². The van der Waals surface area contributed by atoms with Crippen molar-refractivity contribution in [2.45, 2.75) is 137 Å². The van der Waals surface area contributed by atoms with Crippen molar-refractivity contribution in [2.24, 2.45) is 0 Å². The van der Waals surface area contributed by atoms with E-state index in [1.165, 1.54) is 17.2 Å². The number of hydrogen-bond acceptors (Lipinski definition) is 2. The van der Waals surface area contributed by atoms with Gasteiger partial charge in [-0.15, -0.1) is 0 Å². The van der Waals surface area contributed by atoms with Crippen LogP contribution in [-0.4, -0.2) is 15.6 Å². The van der Waals surface area contributed by atoms with Crippen LogP contribution in [0.2, 0.25) is 0 Å². The first-order valence-corrected chi connectivity index (χ1v) is 27.7. The lowest BCUT2D eigenvalue weighted by Gasteiger charge is -2.42. The summed E-state index contributed by atoms with van der Waals surface area (Å²) in [5, 5.41) is 0.720. The fourth-order valence-corrected chi connectivity index (χ4v) is 11.7. The van der Waals surface area contributed by atoms with Gasteiger partial charge >= 0.3 is 6.01 Å². The van der Waals surface area contributed by atoms with E-state index in [2.05, 4.69) is 126 Å². The first-order valence-electron chi connectivity index (χ1n) is 33.7. The monoisotopic (exact) mass is 1060 g/mol. The van der Waals surface area contributed by atoms with Crippen molar-refractivity contribution in [1.82, 2.24) is 18.7 Å². The van der Waals surface area contributed by atoms with E-state index in [0.717, 1.165) is 51.9 Å². The Bertz CT molecular complexity index is 4810. The number of para-hydroxylation sites is 4. The summed E-state index contributed by atoms with van der Waals surface area (Å²) in [6, 6.07) is 39.3. The Morgan fingerprint density at radius 1 is 0.562 bits per heavy atom. The third-order valence-corrected chi connectivity index (χ3v) is 16.5. The van der Waals surface area contributed by atoms with E-state index in [9.17, 15) is 5.48 Å². The van der Waals surface area contributed by atoms with Gasteiger partial charge in [-0.1, -0.05) is 193 Å². The topological polar surface area (TPSA) is 33.1 Å². The van der Waals surface area contributed by atoms with Crippen LogP contribution in [0.3, 0.4) is 0 Å². The Morgan fingerprint density at radius 3 is 1.91 bits per heavy atom. The molecule has 0 fully saturated rings. The van der Waals surface area contributed by atoms with Gasteiger partial charge in [-0.25, -0.2) is 4.98 Å². The SMILES string of the molecule is [2H]c1c([2H])c([2H])c(-c2cccc(-c3cc(C(C)(C)C)cc(C(C)(C)C)c3)c2[N+]2=C=[N+](c3ccc(C(C)(C)C)c(Oc4ccc5c6c([2H])c([2H])c([2H])c([2H])c6n(-c6cc(C([2H])([2H])[2H])c(-c7ccc8c(c7)C(C)(C)CCC8(C)C)cn6)c5c4)c3)c3ccccc32)c([2H])c1[2H]. The van der Waals surface area contributed by atoms with E-state index < -0.39 is 42.5 Å². The van der Waals surface area contributed by atoms with Crippen LogP contribution in [0.15, 0.2) is 182 Å². The molecule has 1 aliphatic heterocycles. The number of nitrogens with zero attached hydrogens (tertiary/aromatic N) is 4. The Labute approximate surface area is 491 Å². The molecule has 80 heavy (non-hydrogen) atoms. The van der Waals surface area contributed by atoms with Gasteiger partial charge < -0.3 is 4.74 Å². The molecule has 0 saturated carbocycles. The first-order chi connectivity index (χ1) is 42.9. The van der Waals surface area contributed by atoms with Crippen LogP contribution >= 0.6 is 0 Å². The molecular formula is C75H76N4O+2. The average molecular weight is 1060 g/mol. The maximum atomic E-state index is 9.40. The lowest BCUT2D eigenvalue weighted by atomic mass is 9.63. The number of hydrogen-bond donors (Lipinski definition) is 0. The Hall–Kier alpha value is -8.11. The summed E-state index contributed by atoms with van der Waals surface area (Å²) in [5.74, 6) is 0.985. The predicted octanol–water partition coefficient (Wildman–Crippen LogP) is 20.4. The number of pyridine rings is 1. The van der Waals surface area contributed by atoms with Gasteiger partial charge in [-0.2, -0.15) is 0 Å². The van der Waals surface area contributed by atoms with Gasteiger partial charge in [0.15, 0.2) is 0 Å². The minimum Gasteiger partial charge on any atom is -0.457 e. The summed E-state index contributed by atoms with van der Waals surface area (Å²) < 4.78 is 121. The van der Waals surface area contributed by atoms with E-state index in [4.69, 9.17) is 20.7 Å². The van der Waals surface area contributed by atoms with Gasteiger partial charge in [0, 0.05) is 56.5 Å². The number of rotatable bonds is 8. The minimum absolute atomic E-state index is 0.0408.